The molecule has 0 aliphatic heterocycles. The molecule has 0 spiro atoms. The predicted molar refractivity (Wildman–Crippen MR) is 77.2 cm³/mol. The molecule has 0 N–H and O–H groups in total. The van der Waals surface area contributed by atoms with Gasteiger partial charge in [-0.25, -0.2) is 0 Å². The molecule has 1 rings (SSSR count). The highest BCUT2D eigenvalue weighted by molar-refractivity contribution is 5.32. The molecule has 0 aromatic heterocycles. The van der Waals surface area contributed by atoms with Crippen LogP contribution < -0.4 is 0 Å². The van der Waals surface area contributed by atoms with E-state index < -0.39 is 0 Å². The van der Waals surface area contributed by atoms with Crippen LogP contribution in [-0.2, 0) is 6.54 Å². The predicted octanol–water partition coefficient (Wildman–Crippen LogP) is 2.37. The Bertz CT molecular complexity index is 388. The molecule has 0 atom stereocenters. The van der Waals surface area contributed by atoms with Crippen molar-refractivity contribution >= 4 is 5.69 Å². The average Bonchev–Trinajstić information content (AvgIpc) is 2.40. The first-order valence-electron chi connectivity index (χ1n) is 6.71. The molecule has 19 heavy (non-hydrogen) atoms. The van der Waals surface area contributed by atoms with Crippen LogP contribution in [-0.4, -0.2) is 47.9 Å². The topological polar surface area (TPSA) is 49.6 Å². The van der Waals surface area contributed by atoms with E-state index >= 15 is 0 Å². The van der Waals surface area contributed by atoms with Crippen LogP contribution in [0.25, 0.3) is 0 Å². The van der Waals surface area contributed by atoms with Gasteiger partial charge in [0.1, 0.15) is 0 Å². The van der Waals surface area contributed by atoms with E-state index in [2.05, 4.69) is 30.7 Å². The molecule has 0 saturated heterocycles. The van der Waals surface area contributed by atoms with E-state index in [4.69, 9.17) is 0 Å². The Kier molecular flexibility index (Phi) is 6.45. The molecule has 5 nitrogen and oxygen atoms in total. The van der Waals surface area contributed by atoms with Gasteiger partial charge in [-0.3, -0.25) is 10.1 Å². The first-order chi connectivity index (χ1) is 9.06. The maximum atomic E-state index is 10.6. The van der Waals surface area contributed by atoms with Crippen molar-refractivity contribution in [3.8, 4) is 0 Å². The second-order valence-electron chi connectivity index (χ2n) is 4.69. The van der Waals surface area contributed by atoms with E-state index in [-0.39, 0.29) is 10.6 Å². The van der Waals surface area contributed by atoms with Crippen LogP contribution in [0.2, 0.25) is 0 Å². The van der Waals surface area contributed by atoms with E-state index in [1.54, 1.807) is 12.1 Å². The van der Waals surface area contributed by atoms with Crippen molar-refractivity contribution in [2.75, 3.05) is 33.2 Å². The summed E-state index contributed by atoms with van der Waals surface area (Å²) < 4.78 is 0. The lowest BCUT2D eigenvalue weighted by Crippen LogP contribution is -2.32. The number of non-ortho nitro benzene ring substituents is 1. The molecule has 0 heterocycles. The van der Waals surface area contributed by atoms with E-state index in [1.165, 1.54) is 0 Å². The highest BCUT2D eigenvalue weighted by atomic mass is 16.6. The summed E-state index contributed by atoms with van der Waals surface area (Å²) in [5.41, 5.74) is 1.25. The van der Waals surface area contributed by atoms with Gasteiger partial charge >= 0.3 is 0 Å². The number of nitro benzene ring substituents is 1. The molecule has 0 saturated carbocycles. The SMILES string of the molecule is CCN(CC)CCN(C)Cc1ccc([N+](=O)[O-])cc1. The van der Waals surface area contributed by atoms with Crippen molar-refractivity contribution in [1.29, 1.82) is 0 Å². The molecule has 0 radical (unpaired) electrons. The van der Waals surface area contributed by atoms with Gasteiger partial charge in [-0.15, -0.1) is 0 Å². The number of nitrogens with zero attached hydrogens (tertiary/aromatic N) is 3. The second-order valence-corrected chi connectivity index (χ2v) is 4.69. The van der Waals surface area contributed by atoms with Crippen molar-refractivity contribution in [2.24, 2.45) is 0 Å². The zero-order valence-corrected chi connectivity index (χ0v) is 12.0. The molecule has 0 unspecified atom stereocenters. The second kappa shape index (κ2) is 7.86. The fourth-order valence-electron chi connectivity index (χ4n) is 1.97. The molecular weight excluding hydrogens is 242 g/mol. The summed E-state index contributed by atoms with van der Waals surface area (Å²) in [6.07, 6.45) is 0. The lowest BCUT2D eigenvalue weighted by atomic mass is 10.2. The Balaban J connectivity index is 2.43. The molecular formula is C14H23N3O2. The maximum Gasteiger partial charge on any atom is 0.269 e. The third-order valence-electron chi connectivity index (χ3n) is 3.29. The van der Waals surface area contributed by atoms with Gasteiger partial charge in [0.05, 0.1) is 4.92 Å². The molecule has 106 valence electrons. The molecule has 1 aromatic carbocycles. The standard InChI is InChI=1S/C14H23N3O2/c1-4-16(5-2)11-10-15(3)12-13-6-8-14(9-7-13)17(18)19/h6-9H,4-5,10-12H2,1-3H3. The minimum absolute atomic E-state index is 0.148. The molecule has 5 heteroatoms. The number of nitro groups is 1. The number of hydrogen-bond donors (Lipinski definition) is 0. The number of hydrogen-bond acceptors (Lipinski definition) is 4. The van der Waals surface area contributed by atoms with E-state index in [0.717, 1.165) is 38.3 Å². The molecule has 0 bridgehead atoms. The lowest BCUT2D eigenvalue weighted by Gasteiger charge is -2.23. The fourth-order valence-corrected chi connectivity index (χ4v) is 1.97. The number of rotatable bonds is 8. The Morgan fingerprint density at radius 2 is 1.68 bits per heavy atom. The first-order valence-corrected chi connectivity index (χ1v) is 6.71. The minimum Gasteiger partial charge on any atom is -0.303 e. The van der Waals surface area contributed by atoms with E-state index in [1.807, 2.05) is 12.1 Å². The third-order valence-corrected chi connectivity index (χ3v) is 3.29. The number of likely N-dealkylation sites (N-methyl/N-ethyl adjacent to an activating group) is 2. The highest BCUT2D eigenvalue weighted by Crippen LogP contribution is 2.12. The summed E-state index contributed by atoms with van der Waals surface area (Å²) in [4.78, 5) is 14.8. The van der Waals surface area contributed by atoms with Gasteiger partial charge < -0.3 is 9.80 Å². The van der Waals surface area contributed by atoms with Crippen molar-refractivity contribution in [1.82, 2.24) is 9.80 Å². The van der Waals surface area contributed by atoms with Crippen LogP contribution in [0.15, 0.2) is 24.3 Å². The first kappa shape index (κ1) is 15.6. The summed E-state index contributed by atoms with van der Waals surface area (Å²) in [7, 11) is 2.07. The quantitative estimate of drug-likeness (QED) is 0.535. The zero-order valence-electron chi connectivity index (χ0n) is 12.0. The Labute approximate surface area is 115 Å². The Hall–Kier alpha value is -1.46. The average molecular weight is 265 g/mol. The van der Waals surface area contributed by atoms with Crippen LogP contribution in [0.3, 0.4) is 0 Å². The van der Waals surface area contributed by atoms with Gasteiger partial charge in [0.15, 0.2) is 0 Å². The Morgan fingerprint density at radius 3 is 2.16 bits per heavy atom. The van der Waals surface area contributed by atoms with Crippen LogP contribution in [0, 0.1) is 10.1 Å². The summed E-state index contributed by atoms with van der Waals surface area (Å²) >= 11 is 0. The summed E-state index contributed by atoms with van der Waals surface area (Å²) in [6.45, 7) is 9.35. The smallest absolute Gasteiger partial charge is 0.269 e. The maximum absolute atomic E-state index is 10.6. The van der Waals surface area contributed by atoms with Crippen LogP contribution in [0.5, 0.6) is 0 Å². The van der Waals surface area contributed by atoms with Crippen molar-refractivity contribution in [3.63, 3.8) is 0 Å². The van der Waals surface area contributed by atoms with Crippen LogP contribution in [0.4, 0.5) is 5.69 Å². The van der Waals surface area contributed by atoms with Crippen molar-refractivity contribution < 1.29 is 4.92 Å². The third kappa shape index (κ3) is 5.36. The summed E-state index contributed by atoms with van der Waals surface area (Å²) in [5.74, 6) is 0. The van der Waals surface area contributed by atoms with Gasteiger partial charge in [0.25, 0.3) is 5.69 Å². The summed E-state index contributed by atoms with van der Waals surface area (Å²) in [6, 6.07) is 6.78. The minimum atomic E-state index is -0.367. The van der Waals surface area contributed by atoms with Gasteiger partial charge in [-0.05, 0) is 25.7 Å². The monoisotopic (exact) mass is 265 g/mol. The largest absolute Gasteiger partial charge is 0.303 e. The van der Waals surface area contributed by atoms with Gasteiger partial charge in [0.2, 0.25) is 0 Å². The van der Waals surface area contributed by atoms with E-state index in [0.29, 0.717) is 0 Å². The molecule has 0 aliphatic carbocycles. The van der Waals surface area contributed by atoms with E-state index in [9.17, 15) is 10.1 Å². The lowest BCUT2D eigenvalue weighted by molar-refractivity contribution is -0.384. The van der Waals surface area contributed by atoms with Crippen LogP contribution >= 0.6 is 0 Å². The van der Waals surface area contributed by atoms with Gasteiger partial charge in [-0.2, -0.15) is 0 Å². The molecule has 0 fully saturated rings. The Morgan fingerprint density at radius 1 is 1.11 bits per heavy atom. The highest BCUT2D eigenvalue weighted by Gasteiger charge is 2.06. The fraction of sp³-hybridized carbons (Fsp3) is 0.571. The van der Waals surface area contributed by atoms with Crippen molar-refractivity contribution in [2.45, 2.75) is 20.4 Å². The summed E-state index contributed by atoms with van der Waals surface area (Å²) in [5, 5.41) is 10.6. The van der Waals surface area contributed by atoms with Gasteiger partial charge in [-0.1, -0.05) is 26.0 Å². The van der Waals surface area contributed by atoms with Crippen molar-refractivity contribution in [3.05, 3.63) is 39.9 Å². The zero-order chi connectivity index (χ0) is 14.3. The van der Waals surface area contributed by atoms with Crippen LogP contribution in [0.1, 0.15) is 19.4 Å². The normalized spacial score (nSPS) is 11.2. The molecule has 1 aromatic rings. The van der Waals surface area contributed by atoms with Gasteiger partial charge in [0, 0.05) is 31.8 Å². The molecule has 0 aliphatic rings. The molecule has 0 amide bonds. The number of benzene rings is 1.